The van der Waals surface area contributed by atoms with Crippen LogP contribution in [0.5, 0.6) is 0 Å². The van der Waals surface area contributed by atoms with Crippen molar-refractivity contribution in [3.8, 4) is 11.4 Å². The van der Waals surface area contributed by atoms with E-state index in [2.05, 4.69) is 25.6 Å². The highest BCUT2D eigenvalue weighted by Gasteiger charge is 2.26. The molecule has 1 aromatic carbocycles. The van der Waals surface area contributed by atoms with Crippen LogP contribution in [-0.2, 0) is 6.42 Å². The van der Waals surface area contributed by atoms with Crippen molar-refractivity contribution in [3.63, 3.8) is 0 Å². The van der Waals surface area contributed by atoms with Gasteiger partial charge in [-0.15, -0.1) is 0 Å². The zero-order valence-corrected chi connectivity index (χ0v) is 13.2. The molecular weight excluding hydrogens is 310 g/mol. The molecule has 8 heteroatoms. The molecule has 0 spiro atoms. The van der Waals surface area contributed by atoms with Crippen LogP contribution in [-0.4, -0.2) is 26.2 Å². The lowest BCUT2D eigenvalue weighted by Crippen LogP contribution is -2.28. The van der Waals surface area contributed by atoms with Crippen molar-refractivity contribution in [2.75, 3.05) is 0 Å². The summed E-state index contributed by atoms with van der Waals surface area (Å²) in [5, 5.41) is 10.5. The van der Waals surface area contributed by atoms with Crippen LogP contribution in [0.2, 0.25) is 0 Å². The zero-order chi connectivity index (χ0) is 16.7. The Bertz CT molecular complexity index is 914. The molecule has 0 saturated heterocycles. The first-order valence-electron chi connectivity index (χ1n) is 7.65. The van der Waals surface area contributed by atoms with Gasteiger partial charge in [-0.25, -0.2) is 0 Å². The van der Waals surface area contributed by atoms with E-state index in [0.29, 0.717) is 17.6 Å². The summed E-state index contributed by atoms with van der Waals surface area (Å²) in [6, 6.07) is 5.92. The molecule has 1 atom stereocenters. The van der Waals surface area contributed by atoms with Crippen molar-refractivity contribution >= 4 is 5.91 Å². The third kappa shape index (κ3) is 2.55. The fourth-order valence-corrected chi connectivity index (χ4v) is 2.94. The Labute approximate surface area is 137 Å². The second-order valence-electron chi connectivity index (χ2n) is 5.75. The Balaban J connectivity index is 1.55. The lowest BCUT2D eigenvalue weighted by atomic mass is 10.0. The Morgan fingerprint density at radius 2 is 1.96 bits per heavy atom. The molecule has 24 heavy (non-hydrogen) atoms. The number of nitrogens with one attached hydrogen (secondary N) is 1. The van der Waals surface area contributed by atoms with Crippen LogP contribution >= 0.6 is 0 Å². The number of carbonyl (C=O) groups excluding carboxylic acids is 1. The number of amides is 1. The summed E-state index contributed by atoms with van der Waals surface area (Å²) in [4.78, 5) is 20.4. The molecule has 4 rings (SSSR count). The molecule has 1 amide bonds. The van der Waals surface area contributed by atoms with Crippen LogP contribution in [0, 0.1) is 13.8 Å². The summed E-state index contributed by atoms with van der Waals surface area (Å²) in [7, 11) is 0. The number of nitrogens with zero attached hydrogens (tertiary/aromatic N) is 4. The van der Waals surface area contributed by atoms with E-state index in [4.69, 9.17) is 9.05 Å². The van der Waals surface area contributed by atoms with Gasteiger partial charge in [-0.1, -0.05) is 22.4 Å². The van der Waals surface area contributed by atoms with Crippen molar-refractivity contribution in [2.45, 2.75) is 32.7 Å². The fraction of sp³-hybridized carbons (Fsp3) is 0.312. The predicted octanol–water partition coefficient (Wildman–Crippen LogP) is 2.15. The summed E-state index contributed by atoms with van der Waals surface area (Å²) in [6.07, 6.45) is 1.70. The number of hydrogen-bond donors (Lipinski definition) is 1. The Morgan fingerprint density at radius 1 is 1.17 bits per heavy atom. The molecule has 0 bridgehead atoms. The highest BCUT2D eigenvalue weighted by molar-refractivity contribution is 5.90. The van der Waals surface area contributed by atoms with Crippen LogP contribution in [0.4, 0.5) is 0 Å². The minimum absolute atomic E-state index is 0.0554. The van der Waals surface area contributed by atoms with E-state index < -0.39 is 0 Å². The highest BCUT2D eigenvalue weighted by Crippen LogP contribution is 2.33. The number of benzene rings is 1. The minimum Gasteiger partial charge on any atom is -0.342 e. The average molecular weight is 325 g/mol. The summed E-state index contributed by atoms with van der Waals surface area (Å²) in [6.45, 7) is 3.41. The van der Waals surface area contributed by atoms with Gasteiger partial charge in [-0.05, 0) is 30.0 Å². The van der Waals surface area contributed by atoms with Crippen molar-refractivity contribution in [1.29, 1.82) is 0 Å². The maximum Gasteiger partial charge on any atom is 0.293 e. The predicted molar refractivity (Wildman–Crippen MR) is 82.0 cm³/mol. The molecule has 0 aliphatic heterocycles. The highest BCUT2D eigenvalue weighted by atomic mass is 16.5. The van der Waals surface area contributed by atoms with Crippen LogP contribution in [0.1, 0.15) is 46.0 Å². The van der Waals surface area contributed by atoms with E-state index in [9.17, 15) is 4.79 Å². The molecule has 1 aliphatic rings. The molecule has 0 radical (unpaired) electrons. The Morgan fingerprint density at radius 3 is 2.67 bits per heavy atom. The van der Waals surface area contributed by atoms with E-state index in [1.165, 1.54) is 5.56 Å². The van der Waals surface area contributed by atoms with Gasteiger partial charge in [0, 0.05) is 19.4 Å². The summed E-state index contributed by atoms with van der Waals surface area (Å²) < 4.78 is 9.86. The van der Waals surface area contributed by atoms with E-state index in [-0.39, 0.29) is 17.8 Å². The molecule has 1 unspecified atom stereocenters. The molecule has 1 aliphatic carbocycles. The maximum atomic E-state index is 12.2. The van der Waals surface area contributed by atoms with Gasteiger partial charge in [0.2, 0.25) is 17.6 Å². The fourth-order valence-electron chi connectivity index (χ4n) is 2.94. The number of hydrogen-bond acceptors (Lipinski definition) is 7. The quantitative estimate of drug-likeness (QED) is 0.786. The molecule has 3 aromatic rings. The van der Waals surface area contributed by atoms with Gasteiger partial charge in [0.05, 0.1) is 6.04 Å². The number of aryl methyl sites for hydroxylation is 3. The molecule has 1 N–H and O–H groups in total. The molecule has 122 valence electrons. The first-order chi connectivity index (χ1) is 11.6. The molecule has 2 aromatic heterocycles. The van der Waals surface area contributed by atoms with Gasteiger partial charge in [-0.2, -0.15) is 9.97 Å². The summed E-state index contributed by atoms with van der Waals surface area (Å²) in [5.74, 6) is 1.20. The Kier molecular flexibility index (Phi) is 3.37. The second kappa shape index (κ2) is 5.55. The van der Waals surface area contributed by atoms with Crippen molar-refractivity contribution in [2.24, 2.45) is 0 Å². The second-order valence-corrected chi connectivity index (χ2v) is 5.75. The Hall–Kier alpha value is -3.03. The molecule has 0 fully saturated rings. The topological polar surface area (TPSA) is 107 Å². The van der Waals surface area contributed by atoms with Gasteiger partial charge in [0.1, 0.15) is 0 Å². The molecule has 0 saturated carbocycles. The minimum atomic E-state index is -0.331. The van der Waals surface area contributed by atoms with Gasteiger partial charge >= 0.3 is 0 Å². The first-order valence-corrected chi connectivity index (χ1v) is 7.65. The van der Waals surface area contributed by atoms with E-state index >= 15 is 0 Å². The summed E-state index contributed by atoms with van der Waals surface area (Å²) >= 11 is 0. The lowest BCUT2D eigenvalue weighted by molar-refractivity contribution is 0.0923. The summed E-state index contributed by atoms with van der Waals surface area (Å²) in [5.41, 5.74) is 3.17. The average Bonchev–Trinajstić information content (AvgIpc) is 3.28. The van der Waals surface area contributed by atoms with Crippen molar-refractivity contribution in [1.82, 2.24) is 25.6 Å². The van der Waals surface area contributed by atoms with Crippen molar-refractivity contribution < 1.29 is 13.8 Å². The smallest absolute Gasteiger partial charge is 0.293 e. The third-order valence-corrected chi connectivity index (χ3v) is 4.04. The number of fused-ring (bicyclic) bond motifs is 1. The number of rotatable bonds is 3. The van der Waals surface area contributed by atoms with Crippen molar-refractivity contribution in [3.05, 3.63) is 46.9 Å². The maximum absolute atomic E-state index is 12.2. The zero-order valence-electron chi connectivity index (χ0n) is 13.2. The normalized spacial score (nSPS) is 16.2. The third-order valence-electron chi connectivity index (χ3n) is 4.04. The molecule has 2 heterocycles. The number of carbonyl (C=O) groups is 1. The van der Waals surface area contributed by atoms with Gasteiger partial charge in [0.25, 0.3) is 11.7 Å². The van der Waals surface area contributed by atoms with Gasteiger partial charge in [-0.3, -0.25) is 4.79 Å². The van der Waals surface area contributed by atoms with Crippen LogP contribution in [0.25, 0.3) is 11.4 Å². The monoisotopic (exact) mass is 325 g/mol. The standard InChI is InChI=1S/C16H15N5O3/c1-8-17-14(20-23-8)11-3-5-12-10(7-11)4-6-13(12)19-16(22)15-18-9(2)24-21-15/h3,5,7,13H,4,6H2,1-2H3,(H,19,22). The van der Waals surface area contributed by atoms with E-state index in [1.807, 2.05) is 18.2 Å². The first kappa shape index (κ1) is 14.6. The molecule has 8 nitrogen and oxygen atoms in total. The SMILES string of the molecule is Cc1nc(C(=O)NC2CCc3cc(-c4noc(C)n4)ccc32)no1. The molecular formula is C16H15N5O3. The lowest BCUT2D eigenvalue weighted by Gasteiger charge is -2.12. The largest absolute Gasteiger partial charge is 0.342 e. The van der Waals surface area contributed by atoms with Crippen LogP contribution in [0.3, 0.4) is 0 Å². The van der Waals surface area contributed by atoms with E-state index in [1.54, 1.807) is 13.8 Å². The van der Waals surface area contributed by atoms with Gasteiger partial charge in [0.15, 0.2) is 0 Å². The number of aromatic nitrogens is 4. The van der Waals surface area contributed by atoms with E-state index in [0.717, 1.165) is 24.0 Å². The van der Waals surface area contributed by atoms with Crippen LogP contribution < -0.4 is 5.32 Å². The van der Waals surface area contributed by atoms with Crippen LogP contribution in [0.15, 0.2) is 27.2 Å². The van der Waals surface area contributed by atoms with Gasteiger partial charge < -0.3 is 14.4 Å².